The van der Waals surface area contributed by atoms with Gasteiger partial charge in [0.2, 0.25) is 4.80 Å². The third-order valence-electron chi connectivity index (χ3n) is 5.24. The zero-order chi connectivity index (χ0) is 24.8. The molecule has 8 heteroatoms. The second-order valence-electron chi connectivity index (χ2n) is 8.88. The molecule has 1 aliphatic rings. The van der Waals surface area contributed by atoms with Crippen LogP contribution in [0, 0.1) is 5.92 Å². The molecule has 0 fully saturated rings. The normalized spacial score (nSPS) is 13.6. The number of nitrogens with one attached hydrogen (secondary N) is 1. The van der Waals surface area contributed by atoms with E-state index in [0.29, 0.717) is 30.5 Å². The van der Waals surface area contributed by atoms with Gasteiger partial charge in [0.1, 0.15) is 11.5 Å². The van der Waals surface area contributed by atoms with Crippen molar-refractivity contribution < 1.29 is 14.3 Å². The molecule has 4 rings (SSSR count). The summed E-state index contributed by atoms with van der Waals surface area (Å²) in [7, 11) is 0. The molecule has 182 valence electrons. The summed E-state index contributed by atoms with van der Waals surface area (Å²) in [5, 5.41) is 9.62. The molecule has 0 saturated carbocycles. The average Bonchev–Trinajstić information content (AvgIpc) is 3.24. The largest absolute Gasteiger partial charge is 0.494 e. The highest BCUT2D eigenvalue weighted by molar-refractivity contribution is 7.07. The summed E-state index contributed by atoms with van der Waals surface area (Å²) < 4.78 is 13.1. The molecule has 0 saturated heterocycles. The fourth-order valence-corrected chi connectivity index (χ4v) is 4.19. The minimum atomic E-state index is -0.167. The summed E-state index contributed by atoms with van der Waals surface area (Å²) in [5.41, 5.74) is 4.32. The van der Waals surface area contributed by atoms with Crippen molar-refractivity contribution in [2.24, 2.45) is 16.0 Å². The molecule has 1 amide bonds. The number of ether oxygens (including phenoxy) is 2. The maximum atomic E-state index is 11.8. The Balaban J connectivity index is 1.62. The number of rotatable bonds is 9. The van der Waals surface area contributed by atoms with Gasteiger partial charge in [-0.3, -0.25) is 9.79 Å². The van der Waals surface area contributed by atoms with Gasteiger partial charge in [-0.25, -0.2) is 4.68 Å². The Kier molecular flexibility index (Phi) is 7.82. The summed E-state index contributed by atoms with van der Waals surface area (Å²) in [6.07, 6.45) is 2.83. The molecule has 0 atom stereocenters. The van der Waals surface area contributed by atoms with Crippen LogP contribution in [0.4, 0.5) is 5.69 Å². The van der Waals surface area contributed by atoms with Crippen LogP contribution in [-0.4, -0.2) is 36.6 Å². The molecule has 35 heavy (non-hydrogen) atoms. The van der Waals surface area contributed by atoms with E-state index in [0.717, 1.165) is 39.4 Å². The zero-order valence-corrected chi connectivity index (χ0v) is 21.1. The van der Waals surface area contributed by atoms with E-state index in [1.807, 2.05) is 59.4 Å². The van der Waals surface area contributed by atoms with Gasteiger partial charge in [0.15, 0.2) is 6.61 Å². The van der Waals surface area contributed by atoms with Gasteiger partial charge in [0, 0.05) is 10.9 Å². The summed E-state index contributed by atoms with van der Waals surface area (Å²) in [5.74, 6) is 1.95. The van der Waals surface area contributed by atoms with E-state index in [9.17, 15) is 4.79 Å². The Hall–Kier alpha value is -3.65. The van der Waals surface area contributed by atoms with Crippen LogP contribution in [0.25, 0.3) is 11.3 Å². The Bertz CT molecular complexity index is 1300. The van der Waals surface area contributed by atoms with Gasteiger partial charge in [-0.05, 0) is 67.3 Å². The van der Waals surface area contributed by atoms with Crippen molar-refractivity contribution in [3.05, 3.63) is 70.4 Å². The first-order valence-electron chi connectivity index (χ1n) is 11.6. The van der Waals surface area contributed by atoms with E-state index >= 15 is 0 Å². The van der Waals surface area contributed by atoms with Crippen molar-refractivity contribution in [1.29, 1.82) is 0 Å². The number of nitrogens with zero attached hydrogens (tertiary/aromatic N) is 3. The van der Waals surface area contributed by atoms with Gasteiger partial charge in [0.05, 0.1) is 30.7 Å². The highest BCUT2D eigenvalue weighted by Gasteiger charge is 2.17. The Morgan fingerprint density at radius 2 is 2.09 bits per heavy atom. The monoisotopic (exact) mass is 490 g/mol. The predicted molar refractivity (Wildman–Crippen MR) is 141 cm³/mol. The number of benzene rings is 2. The Morgan fingerprint density at radius 3 is 2.83 bits per heavy atom. The lowest BCUT2D eigenvalue weighted by molar-refractivity contribution is -0.118. The highest BCUT2D eigenvalue weighted by atomic mass is 32.1. The lowest BCUT2D eigenvalue weighted by Crippen LogP contribution is -2.25. The van der Waals surface area contributed by atoms with Gasteiger partial charge in [-0.1, -0.05) is 26.0 Å². The van der Waals surface area contributed by atoms with Crippen LogP contribution in [-0.2, 0) is 4.79 Å². The lowest BCUT2D eigenvalue weighted by Gasteiger charge is -2.18. The quantitative estimate of drug-likeness (QED) is 0.325. The number of fused-ring (bicyclic) bond motifs is 1. The van der Waals surface area contributed by atoms with Crippen molar-refractivity contribution in [3.8, 4) is 22.8 Å². The molecule has 7 nitrogen and oxygen atoms in total. The second kappa shape index (κ2) is 11.2. The van der Waals surface area contributed by atoms with E-state index in [1.165, 1.54) is 11.3 Å². The molecule has 1 N–H and O–H groups in total. The maximum Gasteiger partial charge on any atom is 0.262 e. The number of hydrogen-bond acceptors (Lipinski definition) is 6. The molecule has 3 aromatic rings. The average molecular weight is 491 g/mol. The molecule has 0 spiro atoms. The molecule has 1 aliphatic heterocycles. The molecular formula is C27H30N4O3S. The van der Waals surface area contributed by atoms with Crippen molar-refractivity contribution in [2.45, 2.75) is 27.2 Å². The first-order valence-corrected chi connectivity index (χ1v) is 12.5. The number of hydrogen-bond donors (Lipinski definition) is 1. The predicted octanol–water partition coefficient (Wildman–Crippen LogP) is 5.33. The van der Waals surface area contributed by atoms with Crippen LogP contribution in [0.5, 0.6) is 11.5 Å². The third-order valence-corrected chi connectivity index (χ3v) is 6.10. The molecule has 1 aromatic heterocycles. The molecular weight excluding hydrogens is 460 g/mol. The molecule has 0 unspecified atom stereocenters. The van der Waals surface area contributed by atoms with Crippen LogP contribution >= 0.6 is 11.3 Å². The van der Waals surface area contributed by atoms with Crippen LogP contribution in [0.15, 0.2) is 70.1 Å². The van der Waals surface area contributed by atoms with Crippen molar-refractivity contribution in [1.82, 2.24) is 4.68 Å². The summed E-state index contributed by atoms with van der Waals surface area (Å²) in [6, 6.07) is 13.6. The van der Waals surface area contributed by atoms with Gasteiger partial charge < -0.3 is 14.8 Å². The lowest BCUT2D eigenvalue weighted by atomic mass is 10.1. The molecule has 2 heterocycles. The highest BCUT2D eigenvalue weighted by Crippen LogP contribution is 2.32. The summed E-state index contributed by atoms with van der Waals surface area (Å²) in [6.45, 7) is 11.5. The SMILES string of the molecule is C=C(C)CN=c1scc(-c2ccc3c(c2)NC(=O)CO3)n1N=Cc1ccc(OCCC(C)C)cc1. The van der Waals surface area contributed by atoms with Crippen LogP contribution in [0.2, 0.25) is 0 Å². The van der Waals surface area contributed by atoms with Crippen LogP contribution in [0.1, 0.15) is 32.8 Å². The molecule has 0 radical (unpaired) electrons. The number of thiazole rings is 1. The third kappa shape index (κ3) is 6.48. The topological polar surface area (TPSA) is 77.2 Å². The number of aromatic nitrogens is 1. The second-order valence-corrected chi connectivity index (χ2v) is 9.72. The maximum absolute atomic E-state index is 11.8. The van der Waals surface area contributed by atoms with Gasteiger partial charge in [-0.15, -0.1) is 11.3 Å². The van der Waals surface area contributed by atoms with E-state index in [1.54, 1.807) is 6.21 Å². The first-order chi connectivity index (χ1) is 16.9. The smallest absolute Gasteiger partial charge is 0.262 e. The first kappa shape index (κ1) is 24.5. The van der Waals surface area contributed by atoms with E-state index in [4.69, 9.17) is 14.6 Å². The fourth-order valence-electron chi connectivity index (χ4n) is 3.35. The van der Waals surface area contributed by atoms with Crippen molar-refractivity contribution >= 4 is 29.1 Å². The van der Waals surface area contributed by atoms with Gasteiger partial charge >= 0.3 is 0 Å². The minimum absolute atomic E-state index is 0.0284. The molecule has 0 bridgehead atoms. The summed E-state index contributed by atoms with van der Waals surface area (Å²) in [4.78, 5) is 17.2. The van der Waals surface area contributed by atoms with Crippen molar-refractivity contribution in [2.75, 3.05) is 25.1 Å². The zero-order valence-electron chi connectivity index (χ0n) is 20.3. The van der Waals surface area contributed by atoms with Crippen molar-refractivity contribution in [3.63, 3.8) is 0 Å². The molecule has 2 aromatic carbocycles. The number of carbonyl (C=O) groups excluding carboxylic acids is 1. The Labute approximate surface area is 209 Å². The number of amides is 1. The number of carbonyl (C=O) groups is 1. The van der Waals surface area contributed by atoms with Gasteiger partial charge in [0.25, 0.3) is 5.91 Å². The Morgan fingerprint density at radius 1 is 1.29 bits per heavy atom. The summed E-state index contributed by atoms with van der Waals surface area (Å²) >= 11 is 1.50. The standard InChI is InChI=1S/C27H30N4O3S/c1-18(2)11-12-33-22-8-5-20(6-9-22)15-29-31-24(17-35-27(31)28-14-19(3)4)21-7-10-25-23(13-21)30-26(32)16-34-25/h5-10,13,15,17-18H,3,11-12,14,16H2,1-2,4H3,(H,30,32). The van der Waals surface area contributed by atoms with E-state index < -0.39 is 0 Å². The van der Waals surface area contributed by atoms with Crippen LogP contribution < -0.4 is 19.6 Å². The van der Waals surface area contributed by atoms with Gasteiger partial charge in [-0.2, -0.15) is 5.10 Å². The minimum Gasteiger partial charge on any atom is -0.494 e. The number of anilines is 1. The van der Waals surface area contributed by atoms with Crippen LogP contribution in [0.3, 0.4) is 0 Å². The molecule has 0 aliphatic carbocycles. The van der Waals surface area contributed by atoms with E-state index in [-0.39, 0.29) is 12.5 Å². The van der Waals surface area contributed by atoms with E-state index in [2.05, 4.69) is 30.7 Å². The fraction of sp³-hybridized carbons (Fsp3) is 0.296.